The Morgan fingerprint density at radius 1 is 0.868 bits per heavy atom. The Hall–Kier alpha value is -3.60. The zero-order valence-corrected chi connectivity index (χ0v) is 30.2. The third kappa shape index (κ3) is 8.71. The van der Waals surface area contributed by atoms with Crippen molar-refractivity contribution in [2.45, 2.75) is 83.5 Å². The van der Waals surface area contributed by atoms with Crippen LogP contribution in [0.2, 0.25) is 10.0 Å². The summed E-state index contributed by atoms with van der Waals surface area (Å²) in [6, 6.07) is 5.37. The second-order valence-corrected chi connectivity index (χ2v) is 14.8. The van der Waals surface area contributed by atoms with Gasteiger partial charge in [0.2, 0.25) is 11.9 Å². The SMILES string of the molecule is Cn1c(Nc2c(Cl)ccc(CNC(=O)C(C)(C)C(F)(F)F)c2Cl)nc2cc(C(=O)N[C@H]3CC[C@H](C(F)(F)F)CC3)c(N3CCC(C(F)(F)F)CC3)cc21. The largest absolute Gasteiger partial charge is 0.402 e. The highest BCUT2D eigenvalue weighted by Gasteiger charge is 2.53. The van der Waals surface area contributed by atoms with Gasteiger partial charge in [-0.3, -0.25) is 9.59 Å². The van der Waals surface area contributed by atoms with Gasteiger partial charge in [0.1, 0.15) is 5.41 Å². The second-order valence-electron chi connectivity index (χ2n) is 14.0. The van der Waals surface area contributed by atoms with E-state index in [1.807, 2.05) is 0 Å². The molecule has 3 aromatic rings. The van der Waals surface area contributed by atoms with Gasteiger partial charge in [-0.2, -0.15) is 39.5 Å². The van der Waals surface area contributed by atoms with E-state index in [4.69, 9.17) is 23.2 Å². The number of aryl methyl sites for hydroxylation is 1. The summed E-state index contributed by atoms with van der Waals surface area (Å²) in [5.41, 5.74) is -1.19. The van der Waals surface area contributed by atoms with Gasteiger partial charge in [-0.05, 0) is 76.1 Å². The minimum Gasteiger partial charge on any atom is -0.371 e. The molecule has 2 amide bonds. The van der Waals surface area contributed by atoms with Crippen molar-refractivity contribution in [1.29, 1.82) is 0 Å². The molecule has 1 aromatic heterocycles. The van der Waals surface area contributed by atoms with Crippen LogP contribution >= 0.6 is 23.2 Å². The Bertz CT molecular complexity index is 1840. The van der Waals surface area contributed by atoms with Crippen LogP contribution in [0.4, 0.5) is 56.8 Å². The highest BCUT2D eigenvalue weighted by atomic mass is 35.5. The van der Waals surface area contributed by atoms with E-state index in [0.717, 1.165) is 13.8 Å². The number of amides is 2. The number of imidazole rings is 1. The molecule has 0 radical (unpaired) electrons. The Balaban J connectivity index is 1.44. The normalized spacial score (nSPS) is 19.4. The van der Waals surface area contributed by atoms with Crippen LogP contribution < -0.4 is 20.9 Å². The van der Waals surface area contributed by atoms with Crippen LogP contribution in [0.5, 0.6) is 0 Å². The predicted octanol–water partition coefficient (Wildman–Crippen LogP) is 9.46. The lowest BCUT2D eigenvalue weighted by atomic mass is 9.85. The molecule has 2 fully saturated rings. The first-order valence-corrected chi connectivity index (χ1v) is 17.5. The molecule has 1 saturated heterocycles. The first kappa shape index (κ1) is 40.6. The number of aromatic nitrogens is 2. The molecule has 0 atom stereocenters. The molecular weight excluding hydrogens is 766 g/mol. The first-order valence-electron chi connectivity index (χ1n) is 16.8. The monoisotopic (exact) mass is 802 g/mol. The fraction of sp³-hybridized carbons (Fsp3) is 0.559. The molecule has 53 heavy (non-hydrogen) atoms. The fourth-order valence-corrected chi connectivity index (χ4v) is 7.07. The number of fused-ring (bicyclic) bond motifs is 1. The first-order chi connectivity index (χ1) is 24.5. The summed E-state index contributed by atoms with van der Waals surface area (Å²) >= 11 is 13.0. The second kappa shape index (κ2) is 14.9. The summed E-state index contributed by atoms with van der Waals surface area (Å²) in [4.78, 5) is 32.4. The zero-order valence-electron chi connectivity index (χ0n) is 28.7. The van der Waals surface area contributed by atoms with Crippen molar-refractivity contribution in [2.75, 3.05) is 23.3 Å². The number of alkyl halides is 9. The van der Waals surface area contributed by atoms with Crippen molar-refractivity contribution in [3.63, 3.8) is 0 Å². The molecular formula is C34H37Cl2F9N6O2. The molecule has 0 bridgehead atoms. The number of benzene rings is 2. The van der Waals surface area contributed by atoms with Gasteiger partial charge in [0.25, 0.3) is 5.91 Å². The van der Waals surface area contributed by atoms with Gasteiger partial charge in [-0.1, -0.05) is 29.3 Å². The van der Waals surface area contributed by atoms with E-state index in [2.05, 4.69) is 20.9 Å². The molecule has 2 heterocycles. The van der Waals surface area contributed by atoms with E-state index in [-0.39, 0.29) is 96.5 Å². The molecule has 1 saturated carbocycles. The standard InChI is InChI=1S/C34H37Cl2F9N6O2/c1-31(2,34(43,44)45)29(53)46-16-17-4-9-22(35)27(26(17)36)49-30-48-23-14-21(28(52)47-20-7-5-18(6-8-20)32(37,38)39)24(15-25(23)50(30)3)51-12-10-19(11-13-51)33(40,41)42/h4,9,14-15,18-20H,5-8,10-13,16H2,1-3H3,(H,46,53)(H,47,52)(H,48,49)/t18-,20-. The summed E-state index contributed by atoms with van der Waals surface area (Å²) in [6.45, 7) is 1.11. The number of hydrogen-bond donors (Lipinski definition) is 3. The van der Waals surface area contributed by atoms with Crippen molar-refractivity contribution >= 4 is 63.4 Å². The van der Waals surface area contributed by atoms with E-state index in [1.165, 1.54) is 18.2 Å². The molecule has 8 nitrogen and oxygen atoms in total. The van der Waals surface area contributed by atoms with Crippen LogP contribution in [0.1, 0.15) is 68.3 Å². The highest BCUT2D eigenvalue weighted by Crippen LogP contribution is 2.41. The number of halogens is 11. The lowest BCUT2D eigenvalue weighted by Crippen LogP contribution is -2.46. The Labute approximate surface area is 308 Å². The summed E-state index contributed by atoms with van der Waals surface area (Å²) in [7, 11) is 1.61. The number of piperidine rings is 1. The van der Waals surface area contributed by atoms with E-state index in [1.54, 1.807) is 22.6 Å². The Morgan fingerprint density at radius 3 is 2.02 bits per heavy atom. The number of hydrogen-bond acceptors (Lipinski definition) is 5. The van der Waals surface area contributed by atoms with Crippen molar-refractivity contribution in [3.05, 3.63) is 45.4 Å². The molecule has 1 aliphatic heterocycles. The minimum absolute atomic E-state index is 0.00961. The van der Waals surface area contributed by atoms with Crippen molar-refractivity contribution in [2.24, 2.45) is 24.3 Å². The lowest BCUT2D eigenvalue weighted by molar-refractivity contribution is -0.211. The maximum atomic E-state index is 13.7. The van der Waals surface area contributed by atoms with Crippen molar-refractivity contribution in [1.82, 2.24) is 20.2 Å². The molecule has 3 N–H and O–H groups in total. The molecule has 5 rings (SSSR count). The molecule has 0 unspecified atom stereocenters. The number of rotatable bonds is 8. The van der Waals surface area contributed by atoms with Crippen LogP contribution in [-0.4, -0.2) is 59.0 Å². The van der Waals surface area contributed by atoms with Crippen molar-refractivity contribution in [3.8, 4) is 0 Å². The summed E-state index contributed by atoms with van der Waals surface area (Å²) < 4.78 is 122. The smallest absolute Gasteiger partial charge is 0.371 e. The molecule has 292 valence electrons. The van der Waals surface area contributed by atoms with Gasteiger partial charge in [0.05, 0.1) is 49.9 Å². The molecule has 2 aliphatic rings. The third-order valence-electron chi connectivity index (χ3n) is 10.2. The summed E-state index contributed by atoms with van der Waals surface area (Å²) in [5.74, 6) is -4.70. The van der Waals surface area contributed by atoms with E-state index >= 15 is 0 Å². The number of carbonyl (C=O) groups is 2. The lowest BCUT2D eigenvalue weighted by Gasteiger charge is -2.35. The molecule has 1 aliphatic carbocycles. The fourth-order valence-electron chi connectivity index (χ4n) is 6.54. The number of anilines is 3. The van der Waals surface area contributed by atoms with E-state index < -0.39 is 53.6 Å². The molecule has 2 aromatic carbocycles. The van der Waals surface area contributed by atoms with Crippen molar-refractivity contribution < 1.29 is 49.1 Å². The number of nitrogens with zero attached hydrogens (tertiary/aromatic N) is 3. The highest BCUT2D eigenvalue weighted by molar-refractivity contribution is 6.39. The average Bonchev–Trinajstić information content (AvgIpc) is 3.38. The number of carbonyl (C=O) groups excluding carboxylic acids is 2. The van der Waals surface area contributed by atoms with Crippen LogP contribution in [0.25, 0.3) is 11.0 Å². The van der Waals surface area contributed by atoms with Gasteiger partial charge in [-0.15, -0.1) is 0 Å². The quantitative estimate of drug-likeness (QED) is 0.198. The molecule has 0 spiro atoms. The van der Waals surface area contributed by atoms with Crippen LogP contribution in [0.15, 0.2) is 24.3 Å². The Morgan fingerprint density at radius 2 is 1.45 bits per heavy atom. The van der Waals surface area contributed by atoms with Gasteiger partial charge in [-0.25, -0.2) is 4.98 Å². The Kier molecular flexibility index (Phi) is 11.4. The maximum Gasteiger partial charge on any atom is 0.402 e. The minimum atomic E-state index is -4.80. The topological polar surface area (TPSA) is 91.3 Å². The predicted molar refractivity (Wildman–Crippen MR) is 182 cm³/mol. The molecule has 19 heteroatoms. The van der Waals surface area contributed by atoms with Gasteiger partial charge < -0.3 is 25.4 Å². The van der Waals surface area contributed by atoms with Gasteiger partial charge >= 0.3 is 18.5 Å². The summed E-state index contributed by atoms with van der Waals surface area (Å²) in [6.07, 6.45) is -14.0. The van der Waals surface area contributed by atoms with Gasteiger partial charge in [0.15, 0.2) is 0 Å². The zero-order chi connectivity index (χ0) is 39.3. The van der Waals surface area contributed by atoms with Crippen LogP contribution in [0, 0.1) is 17.3 Å². The maximum absolute atomic E-state index is 13.7. The number of nitrogens with one attached hydrogen (secondary N) is 3. The average molecular weight is 804 g/mol. The summed E-state index contributed by atoms with van der Waals surface area (Å²) in [5, 5.41) is 8.13. The van der Waals surface area contributed by atoms with E-state index in [9.17, 15) is 49.1 Å². The third-order valence-corrected chi connectivity index (χ3v) is 10.9. The van der Waals surface area contributed by atoms with E-state index in [0.29, 0.717) is 11.2 Å². The van der Waals surface area contributed by atoms with Gasteiger partial charge in [0, 0.05) is 32.7 Å². The van der Waals surface area contributed by atoms with Crippen LogP contribution in [-0.2, 0) is 18.4 Å². The van der Waals surface area contributed by atoms with Crippen LogP contribution in [0.3, 0.4) is 0 Å².